The molecule has 3 aromatic rings. The molecule has 1 saturated heterocycles. The minimum absolute atomic E-state index is 0.000682. The Morgan fingerprint density at radius 3 is 2.57 bits per heavy atom. The summed E-state index contributed by atoms with van der Waals surface area (Å²) in [5.41, 5.74) is 0.888. The summed E-state index contributed by atoms with van der Waals surface area (Å²) in [5.74, 6) is 0.923. The summed E-state index contributed by atoms with van der Waals surface area (Å²) in [5, 5.41) is 0.374. The van der Waals surface area contributed by atoms with E-state index in [1.54, 1.807) is 36.4 Å². The number of fused-ring (bicyclic) bond motifs is 2. The first-order valence-corrected chi connectivity index (χ1v) is 14.5. The van der Waals surface area contributed by atoms with Gasteiger partial charge in [0.15, 0.2) is 26.8 Å². The number of carbonyl (C=O) groups is 1. The topological polar surface area (TPSA) is 103 Å². The molecule has 1 amide bonds. The van der Waals surface area contributed by atoms with Gasteiger partial charge in [-0.1, -0.05) is 32.0 Å². The van der Waals surface area contributed by atoms with Crippen molar-refractivity contribution in [2.24, 2.45) is 5.92 Å². The number of para-hydroxylation sites is 1. The van der Waals surface area contributed by atoms with Crippen molar-refractivity contribution in [3.8, 4) is 11.5 Å². The lowest BCUT2D eigenvalue weighted by molar-refractivity contribution is 0.0662. The molecule has 2 atom stereocenters. The molecule has 2 aliphatic rings. The highest BCUT2D eigenvalue weighted by molar-refractivity contribution is 7.91. The number of hydrogen-bond donors (Lipinski definition) is 0. The van der Waals surface area contributed by atoms with Crippen LogP contribution < -0.4 is 14.9 Å². The lowest BCUT2D eigenvalue weighted by Crippen LogP contribution is -2.40. The summed E-state index contributed by atoms with van der Waals surface area (Å²) in [7, 11) is -3.29. The molecule has 9 heteroatoms. The molecule has 0 saturated carbocycles. The van der Waals surface area contributed by atoms with Gasteiger partial charge in [-0.05, 0) is 55.5 Å². The van der Waals surface area contributed by atoms with Crippen LogP contribution in [0.3, 0.4) is 0 Å². The molecule has 196 valence electrons. The molecule has 0 N–H and O–H groups in total. The van der Waals surface area contributed by atoms with Gasteiger partial charge in [0.1, 0.15) is 5.58 Å². The monoisotopic (exact) mass is 525 g/mol. The van der Waals surface area contributed by atoms with Crippen LogP contribution in [0.5, 0.6) is 11.5 Å². The Bertz CT molecular complexity index is 1510. The molecule has 0 bridgehead atoms. The van der Waals surface area contributed by atoms with E-state index in [1.807, 2.05) is 13.0 Å². The van der Waals surface area contributed by atoms with Gasteiger partial charge in [0.2, 0.25) is 5.76 Å². The maximum atomic E-state index is 13.7. The fourth-order valence-electron chi connectivity index (χ4n) is 5.12. The van der Waals surface area contributed by atoms with Gasteiger partial charge in [-0.3, -0.25) is 9.59 Å². The Morgan fingerprint density at radius 2 is 1.86 bits per heavy atom. The van der Waals surface area contributed by atoms with E-state index in [0.29, 0.717) is 53.6 Å². The van der Waals surface area contributed by atoms with E-state index < -0.39 is 27.8 Å². The minimum Gasteiger partial charge on any atom is -0.490 e. The largest absolute Gasteiger partial charge is 0.490 e. The van der Waals surface area contributed by atoms with E-state index >= 15 is 0 Å². The fraction of sp³-hybridized carbons (Fsp3) is 0.429. The SMILES string of the molecule is CCOc1cc([C@H]2c3c(oc4ccccc4c3=O)C(=O)N2[C@@H]2CCS(=O)(=O)C2)ccc1OCCC(C)C. The van der Waals surface area contributed by atoms with E-state index in [1.165, 1.54) is 4.90 Å². The Morgan fingerprint density at radius 1 is 1.08 bits per heavy atom. The molecule has 2 aliphatic heterocycles. The van der Waals surface area contributed by atoms with Gasteiger partial charge in [-0.2, -0.15) is 0 Å². The van der Waals surface area contributed by atoms with Crippen molar-refractivity contribution in [2.75, 3.05) is 24.7 Å². The van der Waals surface area contributed by atoms with Gasteiger partial charge in [0.05, 0.1) is 41.7 Å². The summed E-state index contributed by atoms with van der Waals surface area (Å²) < 4.78 is 42.5. The van der Waals surface area contributed by atoms with Crippen molar-refractivity contribution >= 4 is 26.7 Å². The van der Waals surface area contributed by atoms with E-state index in [4.69, 9.17) is 13.9 Å². The summed E-state index contributed by atoms with van der Waals surface area (Å²) in [4.78, 5) is 28.9. The second kappa shape index (κ2) is 9.85. The van der Waals surface area contributed by atoms with Crippen molar-refractivity contribution in [2.45, 2.75) is 45.7 Å². The number of carbonyl (C=O) groups excluding carboxylic acids is 1. The molecular formula is C28H31NO7S. The Labute approximate surface area is 216 Å². The maximum Gasteiger partial charge on any atom is 0.291 e. The van der Waals surface area contributed by atoms with Crippen molar-refractivity contribution < 1.29 is 27.1 Å². The van der Waals surface area contributed by atoms with Crippen LogP contribution in [0.15, 0.2) is 51.7 Å². The highest BCUT2D eigenvalue weighted by Gasteiger charge is 2.48. The second-order valence-electron chi connectivity index (χ2n) is 10.0. The van der Waals surface area contributed by atoms with Gasteiger partial charge in [0.25, 0.3) is 5.91 Å². The quantitative estimate of drug-likeness (QED) is 0.431. The Hall–Kier alpha value is -3.33. The molecule has 8 nitrogen and oxygen atoms in total. The first-order valence-electron chi connectivity index (χ1n) is 12.7. The zero-order chi connectivity index (χ0) is 26.3. The van der Waals surface area contributed by atoms with Crippen LogP contribution in [0.4, 0.5) is 0 Å². The smallest absolute Gasteiger partial charge is 0.291 e. The predicted molar refractivity (Wildman–Crippen MR) is 140 cm³/mol. The van der Waals surface area contributed by atoms with Gasteiger partial charge in [-0.25, -0.2) is 8.42 Å². The molecule has 0 radical (unpaired) electrons. The van der Waals surface area contributed by atoms with Crippen molar-refractivity contribution in [3.63, 3.8) is 0 Å². The van der Waals surface area contributed by atoms with Crippen molar-refractivity contribution in [1.29, 1.82) is 0 Å². The molecule has 5 rings (SSSR count). The number of ether oxygens (including phenoxy) is 2. The number of nitrogens with zero attached hydrogens (tertiary/aromatic N) is 1. The van der Waals surface area contributed by atoms with E-state index in [0.717, 1.165) is 6.42 Å². The van der Waals surface area contributed by atoms with Crippen LogP contribution in [-0.2, 0) is 9.84 Å². The number of hydrogen-bond acceptors (Lipinski definition) is 7. The molecule has 0 aliphatic carbocycles. The number of rotatable bonds is 8. The maximum absolute atomic E-state index is 13.7. The number of benzene rings is 2. The second-order valence-corrected chi connectivity index (χ2v) is 12.2. The average molecular weight is 526 g/mol. The molecule has 2 aromatic carbocycles. The summed E-state index contributed by atoms with van der Waals surface area (Å²) in [6, 6.07) is 10.8. The normalized spacial score (nSPS) is 20.5. The molecular weight excluding hydrogens is 494 g/mol. The third kappa shape index (κ3) is 4.72. The molecule has 37 heavy (non-hydrogen) atoms. The first-order chi connectivity index (χ1) is 17.7. The molecule has 3 heterocycles. The van der Waals surface area contributed by atoms with Crippen molar-refractivity contribution in [3.05, 3.63) is 69.6 Å². The van der Waals surface area contributed by atoms with Crippen LogP contribution in [0.1, 0.15) is 61.3 Å². The molecule has 0 unspecified atom stereocenters. The molecule has 1 fully saturated rings. The van der Waals surface area contributed by atoms with Crippen LogP contribution >= 0.6 is 0 Å². The summed E-state index contributed by atoms with van der Waals surface area (Å²) in [6.45, 7) is 7.05. The third-order valence-corrected chi connectivity index (χ3v) is 8.70. The van der Waals surface area contributed by atoms with E-state index in [-0.39, 0.29) is 28.3 Å². The van der Waals surface area contributed by atoms with Gasteiger partial charge in [0, 0.05) is 6.04 Å². The standard InChI is InChI=1S/C28H31NO7S/c1-4-34-23-15-18(9-10-22(23)35-13-11-17(2)3)25-24-26(30)20-7-5-6-8-21(20)36-27(24)28(31)29(25)19-12-14-37(32,33)16-19/h5-10,15,17,19,25H,4,11-14,16H2,1-3H3/t19-,25+/m1/s1. The molecule has 0 spiro atoms. The van der Waals surface area contributed by atoms with Crippen LogP contribution in [0.2, 0.25) is 0 Å². The highest BCUT2D eigenvalue weighted by Crippen LogP contribution is 2.43. The number of amides is 1. The zero-order valence-electron chi connectivity index (χ0n) is 21.2. The summed E-state index contributed by atoms with van der Waals surface area (Å²) >= 11 is 0. The lowest BCUT2D eigenvalue weighted by atomic mass is 9.97. The van der Waals surface area contributed by atoms with Gasteiger partial charge < -0.3 is 18.8 Å². The first kappa shape index (κ1) is 25.3. The van der Waals surface area contributed by atoms with Crippen molar-refractivity contribution in [1.82, 2.24) is 4.90 Å². The average Bonchev–Trinajstić information content (AvgIpc) is 3.36. The summed E-state index contributed by atoms with van der Waals surface area (Å²) in [6.07, 6.45) is 1.19. The third-order valence-electron chi connectivity index (χ3n) is 6.95. The van der Waals surface area contributed by atoms with Gasteiger partial charge >= 0.3 is 0 Å². The highest BCUT2D eigenvalue weighted by atomic mass is 32.2. The fourth-order valence-corrected chi connectivity index (χ4v) is 6.83. The number of sulfone groups is 1. The Balaban J connectivity index is 1.64. The molecule has 1 aromatic heterocycles. The van der Waals surface area contributed by atoms with Crippen LogP contribution in [0, 0.1) is 5.92 Å². The van der Waals surface area contributed by atoms with E-state index in [2.05, 4.69) is 13.8 Å². The van der Waals surface area contributed by atoms with Gasteiger partial charge in [-0.15, -0.1) is 0 Å². The Kier molecular flexibility index (Phi) is 6.74. The van der Waals surface area contributed by atoms with Crippen LogP contribution in [-0.4, -0.2) is 50.0 Å². The predicted octanol–water partition coefficient (Wildman–Crippen LogP) is 4.35. The van der Waals surface area contributed by atoms with E-state index in [9.17, 15) is 18.0 Å². The lowest BCUT2D eigenvalue weighted by Gasteiger charge is -2.30. The van der Waals surface area contributed by atoms with Crippen LogP contribution in [0.25, 0.3) is 11.0 Å². The zero-order valence-corrected chi connectivity index (χ0v) is 22.0. The minimum atomic E-state index is -3.29.